The third-order valence-corrected chi connectivity index (χ3v) is 2.17. The first-order chi connectivity index (χ1) is 8.54. The number of hydrogen-bond acceptors (Lipinski definition) is 4. The Morgan fingerprint density at radius 3 is 2.78 bits per heavy atom. The minimum absolute atomic E-state index is 0.0258. The maximum absolute atomic E-state index is 12.9. The third-order valence-electron chi connectivity index (χ3n) is 2.17. The summed E-state index contributed by atoms with van der Waals surface area (Å²) < 4.78 is 17.7. The molecular weight excluding hydrogens is 239 g/mol. The standard InChI is InChI=1S/C12H15FN2O3/c1-2-15-11(16)5-6-18-12(17)8-3-4-9(13)10(14)7-8/h3-4,7H,2,5-6,14H2,1H3,(H,15,16). The van der Waals surface area contributed by atoms with Gasteiger partial charge in [0, 0.05) is 6.54 Å². The summed E-state index contributed by atoms with van der Waals surface area (Å²) in [5, 5.41) is 2.58. The number of ether oxygens (including phenoxy) is 1. The molecule has 0 radical (unpaired) electrons. The predicted octanol–water partition coefficient (Wildman–Crippen LogP) is 1.09. The zero-order valence-electron chi connectivity index (χ0n) is 10.0. The lowest BCUT2D eigenvalue weighted by molar-refractivity contribution is -0.121. The molecule has 0 spiro atoms. The number of benzene rings is 1. The van der Waals surface area contributed by atoms with E-state index in [1.54, 1.807) is 6.92 Å². The molecule has 1 aromatic rings. The van der Waals surface area contributed by atoms with Crippen LogP contribution in [-0.4, -0.2) is 25.0 Å². The molecule has 5 nitrogen and oxygen atoms in total. The first kappa shape index (κ1) is 14.0. The van der Waals surface area contributed by atoms with Crippen molar-refractivity contribution in [3.63, 3.8) is 0 Å². The zero-order valence-corrected chi connectivity index (χ0v) is 10.0. The number of rotatable bonds is 5. The van der Waals surface area contributed by atoms with E-state index in [0.29, 0.717) is 6.54 Å². The van der Waals surface area contributed by atoms with Crippen LogP contribution in [0.5, 0.6) is 0 Å². The van der Waals surface area contributed by atoms with Gasteiger partial charge in [-0.15, -0.1) is 0 Å². The minimum Gasteiger partial charge on any atom is -0.462 e. The van der Waals surface area contributed by atoms with Crippen molar-refractivity contribution in [3.05, 3.63) is 29.6 Å². The summed E-state index contributed by atoms with van der Waals surface area (Å²) in [6, 6.07) is 3.57. The van der Waals surface area contributed by atoms with Crippen molar-refractivity contribution >= 4 is 17.6 Å². The average molecular weight is 254 g/mol. The number of halogens is 1. The van der Waals surface area contributed by atoms with Crippen molar-refractivity contribution in [2.24, 2.45) is 0 Å². The monoisotopic (exact) mass is 254 g/mol. The van der Waals surface area contributed by atoms with E-state index in [4.69, 9.17) is 10.5 Å². The smallest absolute Gasteiger partial charge is 0.338 e. The van der Waals surface area contributed by atoms with Crippen LogP contribution in [0, 0.1) is 5.82 Å². The van der Waals surface area contributed by atoms with Crippen LogP contribution in [0.15, 0.2) is 18.2 Å². The summed E-state index contributed by atoms with van der Waals surface area (Å²) in [6.45, 7) is 2.30. The molecule has 0 aromatic heterocycles. The molecule has 0 fully saturated rings. The second-order valence-corrected chi connectivity index (χ2v) is 3.58. The fourth-order valence-corrected chi connectivity index (χ4v) is 1.28. The Morgan fingerprint density at radius 1 is 1.44 bits per heavy atom. The van der Waals surface area contributed by atoms with Crippen LogP contribution in [0.1, 0.15) is 23.7 Å². The van der Waals surface area contributed by atoms with Gasteiger partial charge in [0.25, 0.3) is 0 Å². The molecule has 1 amide bonds. The summed E-state index contributed by atoms with van der Waals surface area (Å²) in [5.41, 5.74) is 5.37. The highest BCUT2D eigenvalue weighted by Crippen LogP contribution is 2.13. The van der Waals surface area contributed by atoms with Crippen LogP contribution < -0.4 is 11.1 Å². The molecule has 6 heteroatoms. The molecule has 0 atom stereocenters. The van der Waals surface area contributed by atoms with E-state index in [9.17, 15) is 14.0 Å². The van der Waals surface area contributed by atoms with Crippen molar-refractivity contribution in [2.45, 2.75) is 13.3 Å². The number of amides is 1. The van der Waals surface area contributed by atoms with Crippen LogP contribution >= 0.6 is 0 Å². The van der Waals surface area contributed by atoms with Crippen molar-refractivity contribution in [1.82, 2.24) is 5.32 Å². The van der Waals surface area contributed by atoms with Crippen molar-refractivity contribution in [1.29, 1.82) is 0 Å². The zero-order chi connectivity index (χ0) is 13.5. The number of carbonyl (C=O) groups excluding carboxylic acids is 2. The number of hydrogen-bond donors (Lipinski definition) is 2. The van der Waals surface area contributed by atoms with E-state index in [-0.39, 0.29) is 30.2 Å². The fourth-order valence-electron chi connectivity index (χ4n) is 1.28. The molecule has 0 aliphatic heterocycles. The Morgan fingerprint density at radius 2 is 2.17 bits per heavy atom. The van der Waals surface area contributed by atoms with Gasteiger partial charge in [-0.1, -0.05) is 0 Å². The highest BCUT2D eigenvalue weighted by molar-refractivity contribution is 5.90. The molecule has 0 saturated carbocycles. The molecule has 0 heterocycles. The van der Waals surface area contributed by atoms with Crippen molar-refractivity contribution < 1.29 is 18.7 Å². The van der Waals surface area contributed by atoms with E-state index < -0.39 is 11.8 Å². The molecule has 0 aliphatic carbocycles. The molecule has 0 aliphatic rings. The second-order valence-electron chi connectivity index (χ2n) is 3.58. The summed E-state index contributed by atoms with van der Waals surface area (Å²) >= 11 is 0. The highest BCUT2D eigenvalue weighted by Gasteiger charge is 2.10. The molecule has 1 rings (SSSR count). The fraction of sp³-hybridized carbons (Fsp3) is 0.333. The van der Waals surface area contributed by atoms with Gasteiger partial charge in [-0.3, -0.25) is 4.79 Å². The number of carbonyl (C=O) groups is 2. The summed E-state index contributed by atoms with van der Waals surface area (Å²) in [5.74, 6) is -1.41. The number of nitrogen functional groups attached to an aromatic ring is 1. The van der Waals surface area contributed by atoms with Crippen LogP contribution in [0.3, 0.4) is 0 Å². The lowest BCUT2D eigenvalue weighted by atomic mass is 10.2. The lowest BCUT2D eigenvalue weighted by Gasteiger charge is -2.06. The normalized spacial score (nSPS) is 9.89. The Hall–Kier alpha value is -2.11. The first-order valence-corrected chi connectivity index (χ1v) is 5.53. The highest BCUT2D eigenvalue weighted by atomic mass is 19.1. The maximum atomic E-state index is 12.9. The van der Waals surface area contributed by atoms with E-state index in [0.717, 1.165) is 6.07 Å². The van der Waals surface area contributed by atoms with Crippen LogP contribution in [0.4, 0.5) is 10.1 Å². The van der Waals surface area contributed by atoms with Crippen LogP contribution in [-0.2, 0) is 9.53 Å². The van der Waals surface area contributed by atoms with E-state index in [2.05, 4.69) is 5.32 Å². The quantitative estimate of drug-likeness (QED) is 0.608. The summed E-state index contributed by atoms with van der Waals surface area (Å²) in [7, 11) is 0. The molecular formula is C12H15FN2O3. The van der Waals surface area contributed by atoms with Crippen LogP contribution in [0.25, 0.3) is 0 Å². The average Bonchev–Trinajstić information content (AvgIpc) is 2.33. The minimum atomic E-state index is -0.633. The van der Waals surface area contributed by atoms with Gasteiger partial charge in [-0.05, 0) is 25.1 Å². The molecule has 98 valence electrons. The van der Waals surface area contributed by atoms with Crippen molar-refractivity contribution in [3.8, 4) is 0 Å². The maximum Gasteiger partial charge on any atom is 0.338 e. The first-order valence-electron chi connectivity index (χ1n) is 5.53. The molecule has 0 unspecified atom stereocenters. The molecule has 1 aromatic carbocycles. The molecule has 3 N–H and O–H groups in total. The van der Waals surface area contributed by atoms with Gasteiger partial charge in [-0.2, -0.15) is 0 Å². The van der Waals surface area contributed by atoms with Gasteiger partial charge in [0.05, 0.1) is 17.7 Å². The predicted molar refractivity (Wildman–Crippen MR) is 64.4 cm³/mol. The SMILES string of the molecule is CCNC(=O)CCOC(=O)c1ccc(F)c(N)c1. The number of nitrogens with two attached hydrogens (primary N) is 1. The van der Waals surface area contributed by atoms with Gasteiger partial charge in [-0.25, -0.2) is 9.18 Å². The van der Waals surface area contributed by atoms with Gasteiger partial charge in [0.15, 0.2) is 0 Å². The van der Waals surface area contributed by atoms with Gasteiger partial charge in [0.2, 0.25) is 5.91 Å². The van der Waals surface area contributed by atoms with Gasteiger partial charge in [0.1, 0.15) is 12.4 Å². The van der Waals surface area contributed by atoms with E-state index in [1.807, 2.05) is 0 Å². The van der Waals surface area contributed by atoms with E-state index >= 15 is 0 Å². The Bertz CT molecular complexity index is 449. The summed E-state index contributed by atoms with van der Waals surface area (Å²) in [4.78, 5) is 22.6. The number of nitrogens with one attached hydrogen (secondary N) is 1. The van der Waals surface area contributed by atoms with Crippen LogP contribution in [0.2, 0.25) is 0 Å². The van der Waals surface area contributed by atoms with Crippen molar-refractivity contribution in [2.75, 3.05) is 18.9 Å². The second kappa shape index (κ2) is 6.58. The Kier molecular flexibility index (Phi) is 5.10. The molecule has 0 bridgehead atoms. The summed E-state index contributed by atoms with van der Waals surface area (Å²) in [6.07, 6.45) is 0.0935. The largest absolute Gasteiger partial charge is 0.462 e. The number of anilines is 1. The topological polar surface area (TPSA) is 81.4 Å². The van der Waals surface area contributed by atoms with Gasteiger partial charge >= 0.3 is 5.97 Å². The van der Waals surface area contributed by atoms with E-state index in [1.165, 1.54) is 12.1 Å². The lowest BCUT2D eigenvalue weighted by Crippen LogP contribution is -2.24. The molecule has 0 saturated heterocycles. The Balaban J connectivity index is 2.45. The number of esters is 1. The third kappa shape index (κ3) is 4.04. The van der Waals surface area contributed by atoms with Gasteiger partial charge < -0.3 is 15.8 Å². The Labute approximate surface area is 104 Å². The molecule has 18 heavy (non-hydrogen) atoms.